The minimum absolute atomic E-state index is 0.0693. The maximum atomic E-state index is 12.4. The Labute approximate surface area is 145 Å². The Morgan fingerprint density at radius 3 is 2.64 bits per heavy atom. The first-order valence-electron chi connectivity index (χ1n) is 7.44. The number of fused-ring (bicyclic) bond motifs is 1. The highest BCUT2D eigenvalue weighted by Crippen LogP contribution is 2.21. The number of amides is 1. The Kier molecular flexibility index (Phi) is 3.83. The Hall–Kier alpha value is -3.32. The van der Waals surface area contributed by atoms with Crippen molar-refractivity contribution in [3.05, 3.63) is 76.6 Å². The number of carbonyl (C=O) groups is 1. The molecule has 2 aromatic heterocycles. The minimum atomic E-state index is -0.543. The molecule has 7 heteroatoms. The zero-order chi connectivity index (χ0) is 17.2. The lowest BCUT2D eigenvalue weighted by atomic mass is 10.2. The van der Waals surface area contributed by atoms with E-state index in [2.05, 4.69) is 14.7 Å². The number of carbonyl (C=O) groups excluding carboxylic acids is 1. The van der Waals surface area contributed by atoms with Crippen LogP contribution in [0.3, 0.4) is 0 Å². The van der Waals surface area contributed by atoms with Gasteiger partial charge in [0.25, 0.3) is 5.91 Å². The van der Waals surface area contributed by atoms with Gasteiger partial charge in [-0.2, -0.15) is 9.36 Å². The molecule has 4 rings (SSSR count). The predicted molar refractivity (Wildman–Crippen MR) is 95.8 cm³/mol. The summed E-state index contributed by atoms with van der Waals surface area (Å²) in [6.07, 6.45) is 0. The third-order valence-electron chi connectivity index (χ3n) is 3.54. The van der Waals surface area contributed by atoms with Crippen molar-refractivity contribution in [1.82, 2.24) is 9.36 Å². The molecule has 0 unspecified atom stereocenters. The number of benzene rings is 2. The largest absolute Gasteiger partial charge is 0.451 e. The molecule has 0 fully saturated rings. The van der Waals surface area contributed by atoms with Crippen LogP contribution in [-0.2, 0) is 0 Å². The molecule has 0 atom stereocenters. The van der Waals surface area contributed by atoms with Crippen molar-refractivity contribution in [2.45, 2.75) is 0 Å². The van der Waals surface area contributed by atoms with Crippen LogP contribution in [0.2, 0.25) is 0 Å². The molecule has 0 aliphatic rings. The second-order valence-corrected chi connectivity index (χ2v) is 5.97. The van der Waals surface area contributed by atoms with Crippen LogP contribution in [0, 0.1) is 0 Å². The Morgan fingerprint density at radius 2 is 1.80 bits per heavy atom. The Morgan fingerprint density at radius 1 is 1.04 bits per heavy atom. The smallest absolute Gasteiger partial charge is 0.293 e. The molecule has 25 heavy (non-hydrogen) atoms. The molecule has 2 heterocycles. The summed E-state index contributed by atoms with van der Waals surface area (Å²) >= 11 is 1.06. The third kappa shape index (κ3) is 3.05. The van der Waals surface area contributed by atoms with E-state index < -0.39 is 5.91 Å². The minimum Gasteiger partial charge on any atom is -0.451 e. The van der Waals surface area contributed by atoms with E-state index in [9.17, 15) is 9.59 Å². The summed E-state index contributed by atoms with van der Waals surface area (Å²) in [7, 11) is 0. The summed E-state index contributed by atoms with van der Waals surface area (Å²) < 4.78 is 9.74. The van der Waals surface area contributed by atoms with Gasteiger partial charge >= 0.3 is 0 Å². The van der Waals surface area contributed by atoms with Gasteiger partial charge in [0, 0.05) is 23.2 Å². The van der Waals surface area contributed by atoms with E-state index in [4.69, 9.17) is 4.42 Å². The van der Waals surface area contributed by atoms with Gasteiger partial charge in [-0.15, -0.1) is 0 Å². The number of hydrogen-bond acceptors (Lipinski definition) is 6. The summed E-state index contributed by atoms with van der Waals surface area (Å²) in [5, 5.41) is 3.38. The van der Waals surface area contributed by atoms with Crippen LogP contribution >= 0.6 is 11.5 Å². The number of nitrogens with zero attached hydrogens (tertiary/aromatic N) is 2. The molecular weight excluding hydrogens is 338 g/mol. The average Bonchev–Trinajstić information content (AvgIpc) is 3.11. The van der Waals surface area contributed by atoms with E-state index in [0.717, 1.165) is 17.1 Å². The van der Waals surface area contributed by atoms with Crippen molar-refractivity contribution in [3.63, 3.8) is 0 Å². The molecule has 0 bridgehead atoms. The summed E-state index contributed by atoms with van der Waals surface area (Å²) in [5.41, 5.74) is 0.952. The van der Waals surface area contributed by atoms with E-state index in [1.54, 1.807) is 24.3 Å². The van der Waals surface area contributed by atoms with Crippen LogP contribution in [-0.4, -0.2) is 15.3 Å². The van der Waals surface area contributed by atoms with Crippen molar-refractivity contribution >= 4 is 33.5 Å². The van der Waals surface area contributed by atoms with Crippen LogP contribution < -0.4 is 10.7 Å². The average molecular weight is 349 g/mol. The molecule has 0 radical (unpaired) electrons. The lowest BCUT2D eigenvalue weighted by Crippen LogP contribution is -2.14. The topological polar surface area (TPSA) is 85.1 Å². The fraction of sp³-hybridized carbons (Fsp3) is 0. The summed E-state index contributed by atoms with van der Waals surface area (Å²) in [4.78, 5) is 28.7. The molecular formula is C18H11N3O3S. The first-order chi connectivity index (χ1) is 12.2. The fourth-order valence-electron chi connectivity index (χ4n) is 2.35. The van der Waals surface area contributed by atoms with Crippen LogP contribution in [0.1, 0.15) is 10.6 Å². The SMILES string of the molecule is O=C(Nc1nc(-c2ccccc2)ns1)c1cc(=O)c2ccccc2o1. The molecule has 6 nitrogen and oxygen atoms in total. The van der Waals surface area contributed by atoms with Gasteiger partial charge < -0.3 is 4.42 Å². The Bertz CT molecular complexity index is 1120. The monoisotopic (exact) mass is 349 g/mol. The highest BCUT2D eigenvalue weighted by Gasteiger charge is 2.15. The molecule has 1 N–H and O–H groups in total. The zero-order valence-electron chi connectivity index (χ0n) is 12.8. The highest BCUT2D eigenvalue weighted by molar-refractivity contribution is 7.10. The zero-order valence-corrected chi connectivity index (χ0v) is 13.6. The van der Waals surface area contributed by atoms with Crippen LogP contribution in [0.25, 0.3) is 22.4 Å². The van der Waals surface area contributed by atoms with Gasteiger partial charge in [-0.3, -0.25) is 14.9 Å². The van der Waals surface area contributed by atoms with Gasteiger partial charge in [-0.1, -0.05) is 42.5 Å². The van der Waals surface area contributed by atoms with Gasteiger partial charge in [0.1, 0.15) is 5.58 Å². The first-order valence-corrected chi connectivity index (χ1v) is 8.21. The van der Waals surface area contributed by atoms with Gasteiger partial charge in [0.2, 0.25) is 5.13 Å². The standard InChI is InChI=1S/C18H11N3O3S/c22-13-10-15(24-14-9-5-4-8-12(13)14)17(23)20-18-19-16(21-25-18)11-6-2-1-3-7-11/h1-10H,(H,19,20,21,23). The van der Waals surface area contributed by atoms with Crippen molar-refractivity contribution in [1.29, 1.82) is 0 Å². The molecule has 0 saturated carbocycles. The third-order valence-corrected chi connectivity index (χ3v) is 4.17. The quantitative estimate of drug-likeness (QED) is 0.611. The lowest BCUT2D eigenvalue weighted by molar-refractivity contribution is 0.0997. The number of para-hydroxylation sites is 1. The van der Waals surface area contributed by atoms with E-state index in [1.165, 1.54) is 6.07 Å². The first kappa shape index (κ1) is 15.2. The highest BCUT2D eigenvalue weighted by atomic mass is 32.1. The van der Waals surface area contributed by atoms with E-state index >= 15 is 0 Å². The van der Waals surface area contributed by atoms with Crippen LogP contribution in [0.15, 0.2) is 69.9 Å². The van der Waals surface area contributed by atoms with E-state index in [0.29, 0.717) is 21.9 Å². The van der Waals surface area contributed by atoms with Crippen molar-refractivity contribution in [2.75, 3.05) is 5.32 Å². The van der Waals surface area contributed by atoms with Crippen molar-refractivity contribution < 1.29 is 9.21 Å². The van der Waals surface area contributed by atoms with Crippen molar-refractivity contribution in [3.8, 4) is 11.4 Å². The van der Waals surface area contributed by atoms with Crippen LogP contribution in [0.4, 0.5) is 5.13 Å². The van der Waals surface area contributed by atoms with Gasteiger partial charge in [0.15, 0.2) is 17.0 Å². The number of anilines is 1. The van der Waals surface area contributed by atoms with Crippen molar-refractivity contribution in [2.24, 2.45) is 0 Å². The van der Waals surface area contributed by atoms with E-state index in [1.807, 2.05) is 30.3 Å². The molecule has 122 valence electrons. The maximum Gasteiger partial charge on any atom is 0.293 e. The molecule has 0 saturated heterocycles. The van der Waals surface area contributed by atoms with Gasteiger partial charge in [-0.25, -0.2) is 0 Å². The molecule has 0 aliphatic heterocycles. The maximum absolute atomic E-state index is 12.4. The Balaban J connectivity index is 1.61. The predicted octanol–water partition coefficient (Wildman–Crippen LogP) is 3.56. The lowest BCUT2D eigenvalue weighted by Gasteiger charge is -2.02. The van der Waals surface area contributed by atoms with Crippen LogP contribution in [0.5, 0.6) is 0 Å². The summed E-state index contributed by atoms with van der Waals surface area (Å²) in [5.74, 6) is -0.0837. The number of aromatic nitrogens is 2. The van der Waals surface area contributed by atoms with E-state index in [-0.39, 0.29) is 11.2 Å². The summed E-state index contributed by atoms with van der Waals surface area (Å²) in [6.45, 7) is 0. The molecule has 4 aromatic rings. The second-order valence-electron chi connectivity index (χ2n) is 5.21. The number of rotatable bonds is 3. The molecule has 2 aromatic carbocycles. The number of hydrogen-bond donors (Lipinski definition) is 1. The van der Waals surface area contributed by atoms with Gasteiger partial charge in [0.05, 0.1) is 5.39 Å². The number of nitrogens with one attached hydrogen (secondary N) is 1. The second kappa shape index (κ2) is 6.29. The van der Waals surface area contributed by atoms with Gasteiger partial charge in [-0.05, 0) is 12.1 Å². The normalized spacial score (nSPS) is 10.7. The molecule has 1 amide bonds. The summed E-state index contributed by atoms with van der Waals surface area (Å²) in [6, 6.07) is 17.4. The fourth-order valence-corrected chi connectivity index (χ4v) is 2.94. The molecule has 0 spiro atoms. The molecule has 0 aliphatic carbocycles.